The van der Waals surface area contributed by atoms with Gasteiger partial charge in [-0.2, -0.15) is 0 Å². The van der Waals surface area contributed by atoms with Gasteiger partial charge in [0.1, 0.15) is 22.7 Å². The summed E-state index contributed by atoms with van der Waals surface area (Å²) >= 11 is 0. The molecule has 1 aliphatic rings. The van der Waals surface area contributed by atoms with Crippen molar-refractivity contribution in [2.75, 3.05) is 18.4 Å². The van der Waals surface area contributed by atoms with Crippen molar-refractivity contribution in [1.29, 1.82) is 0 Å². The van der Waals surface area contributed by atoms with E-state index in [-0.39, 0.29) is 23.0 Å². The average molecular weight is 406 g/mol. The van der Waals surface area contributed by atoms with Gasteiger partial charge in [-0.1, -0.05) is 12.1 Å². The number of H-pyrrole nitrogens is 1. The number of furan rings is 1. The normalized spacial score (nSPS) is 17.2. The predicted octanol–water partition coefficient (Wildman–Crippen LogP) is 2.55. The second kappa shape index (κ2) is 7.47. The molecule has 0 spiro atoms. The number of aliphatic hydroxyl groups is 1. The molecule has 8 nitrogen and oxygen atoms in total. The monoisotopic (exact) mass is 406 g/mol. The fourth-order valence-electron chi connectivity index (χ4n) is 3.87. The van der Waals surface area contributed by atoms with Gasteiger partial charge in [0, 0.05) is 30.7 Å². The van der Waals surface area contributed by atoms with Crippen molar-refractivity contribution < 1.29 is 14.6 Å². The van der Waals surface area contributed by atoms with Gasteiger partial charge in [0.25, 0.3) is 5.56 Å². The summed E-state index contributed by atoms with van der Waals surface area (Å²) in [5, 5.41) is 23.2. The fraction of sp³-hybridized carbons (Fsp3) is 0.273. The predicted molar refractivity (Wildman–Crippen MR) is 113 cm³/mol. The van der Waals surface area contributed by atoms with Gasteiger partial charge in [-0.3, -0.25) is 9.69 Å². The second-order valence-corrected chi connectivity index (χ2v) is 7.70. The Kier molecular flexibility index (Phi) is 4.65. The van der Waals surface area contributed by atoms with Gasteiger partial charge in [-0.15, -0.1) is 0 Å². The molecule has 8 heteroatoms. The molecule has 3 heterocycles. The highest BCUT2D eigenvalue weighted by molar-refractivity contribution is 6.03. The van der Waals surface area contributed by atoms with Crippen LogP contribution in [0, 0.1) is 0 Å². The van der Waals surface area contributed by atoms with Crippen LogP contribution in [0.25, 0.3) is 22.1 Å². The Labute approximate surface area is 171 Å². The average Bonchev–Trinajstić information content (AvgIpc) is 3.31. The molecule has 0 amide bonds. The number of nitrogens with one attached hydrogen (secondary N) is 2. The highest BCUT2D eigenvalue weighted by Gasteiger charge is 2.22. The Morgan fingerprint density at radius 3 is 2.83 bits per heavy atom. The number of aromatic amines is 1. The first-order valence-corrected chi connectivity index (χ1v) is 9.93. The molecule has 2 aromatic heterocycles. The van der Waals surface area contributed by atoms with E-state index in [0.717, 1.165) is 29.6 Å². The molecule has 4 aromatic rings. The first kappa shape index (κ1) is 18.7. The minimum absolute atomic E-state index is 0.214. The lowest BCUT2D eigenvalue weighted by Gasteiger charge is -2.13. The van der Waals surface area contributed by atoms with Crippen molar-refractivity contribution in [3.8, 4) is 5.75 Å². The van der Waals surface area contributed by atoms with Crippen LogP contribution in [0.4, 0.5) is 5.69 Å². The maximum Gasteiger partial charge on any atom is 0.294 e. The molecule has 1 aliphatic heterocycles. The third-order valence-electron chi connectivity index (χ3n) is 5.43. The molecule has 0 saturated carbocycles. The zero-order valence-electron chi connectivity index (χ0n) is 16.3. The lowest BCUT2D eigenvalue weighted by molar-refractivity contribution is 0.174. The van der Waals surface area contributed by atoms with E-state index in [4.69, 9.17) is 4.42 Å². The van der Waals surface area contributed by atoms with Crippen molar-refractivity contribution in [3.05, 3.63) is 64.2 Å². The SMILES string of the molecule is O=c1[nH]c(CN2CC[C@H](O)C2)nc2c1oc1ccc(NCc3ccc(O)cc3)cc12. The Morgan fingerprint density at radius 1 is 1.23 bits per heavy atom. The summed E-state index contributed by atoms with van der Waals surface area (Å²) in [6.45, 7) is 2.44. The summed E-state index contributed by atoms with van der Waals surface area (Å²) in [5.74, 6) is 0.798. The topological polar surface area (TPSA) is 115 Å². The van der Waals surface area contributed by atoms with Gasteiger partial charge in [0.15, 0.2) is 0 Å². The molecule has 5 rings (SSSR count). The number of benzene rings is 2. The number of aromatic hydroxyl groups is 1. The van der Waals surface area contributed by atoms with Gasteiger partial charge >= 0.3 is 0 Å². The number of anilines is 1. The molecule has 154 valence electrons. The van der Waals surface area contributed by atoms with Gasteiger partial charge < -0.3 is 24.9 Å². The number of phenolic OH excluding ortho intramolecular Hbond substituents is 1. The molecule has 0 unspecified atom stereocenters. The summed E-state index contributed by atoms with van der Waals surface area (Å²) in [6, 6.07) is 12.7. The van der Waals surface area contributed by atoms with E-state index in [0.29, 0.717) is 36.6 Å². The van der Waals surface area contributed by atoms with E-state index >= 15 is 0 Å². The van der Waals surface area contributed by atoms with Crippen LogP contribution in [0.5, 0.6) is 5.75 Å². The zero-order valence-corrected chi connectivity index (χ0v) is 16.3. The molecule has 0 bridgehead atoms. The van der Waals surface area contributed by atoms with Crippen molar-refractivity contribution >= 4 is 27.8 Å². The van der Waals surface area contributed by atoms with E-state index in [1.165, 1.54) is 0 Å². The van der Waals surface area contributed by atoms with Gasteiger partial charge in [-0.05, 0) is 42.3 Å². The van der Waals surface area contributed by atoms with E-state index < -0.39 is 0 Å². The number of nitrogens with zero attached hydrogens (tertiary/aromatic N) is 2. The Hall–Kier alpha value is -3.36. The summed E-state index contributed by atoms with van der Waals surface area (Å²) in [7, 11) is 0. The number of fused-ring (bicyclic) bond motifs is 3. The maximum atomic E-state index is 12.5. The van der Waals surface area contributed by atoms with Crippen molar-refractivity contribution in [1.82, 2.24) is 14.9 Å². The standard InChI is InChI=1S/C22H22N4O4/c27-15-4-1-13(2-5-15)10-23-14-3-6-18-17(9-14)20-21(30-18)22(29)25-19(24-20)12-26-8-7-16(28)11-26/h1-6,9,16,23,27-28H,7-8,10-12H2,(H,24,25,29)/t16-/m0/s1. The van der Waals surface area contributed by atoms with E-state index in [1.807, 2.05) is 30.3 Å². The van der Waals surface area contributed by atoms with Crippen molar-refractivity contribution in [2.45, 2.75) is 25.6 Å². The first-order valence-electron chi connectivity index (χ1n) is 9.93. The molecule has 4 N–H and O–H groups in total. The van der Waals surface area contributed by atoms with Crippen LogP contribution < -0.4 is 10.9 Å². The van der Waals surface area contributed by atoms with E-state index in [2.05, 4.69) is 20.2 Å². The third kappa shape index (κ3) is 3.62. The highest BCUT2D eigenvalue weighted by atomic mass is 16.3. The van der Waals surface area contributed by atoms with E-state index in [1.54, 1.807) is 12.1 Å². The Bertz CT molecular complexity index is 1260. The number of hydrogen-bond acceptors (Lipinski definition) is 7. The number of β-amino-alcohol motifs (C(OH)–C–C–N with tert-alkyl or cyclic N) is 1. The molecule has 30 heavy (non-hydrogen) atoms. The number of hydrogen-bond donors (Lipinski definition) is 4. The smallest absolute Gasteiger partial charge is 0.294 e. The molecular formula is C22H22N4O4. The van der Waals surface area contributed by atoms with Crippen LogP contribution in [-0.2, 0) is 13.1 Å². The van der Waals surface area contributed by atoms with Crippen LogP contribution in [0.3, 0.4) is 0 Å². The van der Waals surface area contributed by atoms with Crippen LogP contribution in [0.15, 0.2) is 51.7 Å². The molecule has 0 aliphatic carbocycles. The molecular weight excluding hydrogens is 384 g/mol. The quantitative estimate of drug-likeness (QED) is 0.403. The molecule has 1 fully saturated rings. The Morgan fingerprint density at radius 2 is 2.07 bits per heavy atom. The van der Waals surface area contributed by atoms with Crippen LogP contribution in [0.1, 0.15) is 17.8 Å². The number of aliphatic hydroxyl groups excluding tert-OH is 1. The fourth-order valence-corrected chi connectivity index (χ4v) is 3.87. The minimum Gasteiger partial charge on any atom is -0.508 e. The lowest BCUT2D eigenvalue weighted by Crippen LogP contribution is -2.24. The van der Waals surface area contributed by atoms with Gasteiger partial charge in [0.05, 0.1) is 12.6 Å². The third-order valence-corrected chi connectivity index (χ3v) is 5.43. The van der Waals surface area contributed by atoms with Crippen molar-refractivity contribution in [2.24, 2.45) is 0 Å². The van der Waals surface area contributed by atoms with Crippen LogP contribution in [-0.4, -0.2) is 44.3 Å². The molecule has 2 aromatic carbocycles. The van der Waals surface area contributed by atoms with E-state index in [9.17, 15) is 15.0 Å². The van der Waals surface area contributed by atoms with Gasteiger partial charge in [0.2, 0.25) is 5.58 Å². The Balaban J connectivity index is 1.44. The first-order chi connectivity index (χ1) is 14.5. The lowest BCUT2D eigenvalue weighted by atomic mass is 10.2. The number of likely N-dealkylation sites (tertiary alicyclic amines) is 1. The number of rotatable bonds is 5. The largest absolute Gasteiger partial charge is 0.508 e. The molecule has 1 saturated heterocycles. The highest BCUT2D eigenvalue weighted by Crippen LogP contribution is 2.28. The summed E-state index contributed by atoms with van der Waals surface area (Å²) in [6.07, 6.45) is 0.411. The van der Waals surface area contributed by atoms with Crippen LogP contribution in [0.2, 0.25) is 0 Å². The number of aromatic nitrogens is 2. The number of phenols is 1. The molecule has 0 radical (unpaired) electrons. The maximum absolute atomic E-state index is 12.5. The van der Waals surface area contributed by atoms with Gasteiger partial charge in [-0.25, -0.2) is 4.98 Å². The van der Waals surface area contributed by atoms with Crippen molar-refractivity contribution in [3.63, 3.8) is 0 Å². The molecule has 1 atom stereocenters. The second-order valence-electron chi connectivity index (χ2n) is 7.70. The zero-order chi connectivity index (χ0) is 20.7. The summed E-state index contributed by atoms with van der Waals surface area (Å²) in [5.41, 5.74) is 2.97. The van der Waals surface area contributed by atoms with Crippen LogP contribution >= 0.6 is 0 Å². The summed E-state index contributed by atoms with van der Waals surface area (Å²) < 4.78 is 5.74. The minimum atomic E-state index is -0.322. The summed E-state index contributed by atoms with van der Waals surface area (Å²) in [4.78, 5) is 22.1.